The number of ether oxygens (including phenoxy) is 2. The second kappa shape index (κ2) is 10.1. The van der Waals surface area contributed by atoms with Crippen molar-refractivity contribution in [1.29, 1.82) is 0 Å². The summed E-state index contributed by atoms with van der Waals surface area (Å²) in [4.78, 5) is 8.64. The van der Waals surface area contributed by atoms with E-state index < -0.39 is 6.36 Å². The van der Waals surface area contributed by atoms with E-state index in [-0.39, 0.29) is 35.8 Å². The summed E-state index contributed by atoms with van der Waals surface area (Å²) in [6.07, 6.45) is -4.77. The quantitative estimate of drug-likeness (QED) is 0.372. The van der Waals surface area contributed by atoms with Crippen LogP contribution in [0.15, 0.2) is 53.1 Å². The number of aliphatic hydroxyl groups excluding tert-OH is 1. The smallest absolute Gasteiger partial charge is 0.493 e. The van der Waals surface area contributed by atoms with E-state index in [0.29, 0.717) is 30.3 Å². The van der Waals surface area contributed by atoms with Crippen molar-refractivity contribution >= 4 is 0 Å². The highest BCUT2D eigenvalue weighted by molar-refractivity contribution is 5.57. The zero-order chi connectivity index (χ0) is 25.0. The molecular formula is C23H22F3N5O4. The number of aryl methyl sites for hydroxylation is 1. The number of benzene rings is 2. The van der Waals surface area contributed by atoms with E-state index in [1.165, 1.54) is 12.1 Å². The first kappa shape index (κ1) is 24.2. The van der Waals surface area contributed by atoms with Gasteiger partial charge in [-0.2, -0.15) is 4.98 Å². The summed E-state index contributed by atoms with van der Waals surface area (Å²) in [5.74, 6) is 1.47. The first-order valence-electron chi connectivity index (χ1n) is 10.6. The van der Waals surface area contributed by atoms with Crippen molar-refractivity contribution in [3.8, 4) is 34.6 Å². The fourth-order valence-electron chi connectivity index (χ4n) is 3.10. The molecule has 0 bridgehead atoms. The van der Waals surface area contributed by atoms with Crippen LogP contribution in [0.25, 0.3) is 23.1 Å². The van der Waals surface area contributed by atoms with Crippen molar-refractivity contribution in [3.05, 3.63) is 59.9 Å². The van der Waals surface area contributed by atoms with Gasteiger partial charge < -0.3 is 19.1 Å². The Labute approximate surface area is 198 Å². The average Bonchev–Trinajstić information content (AvgIpc) is 3.44. The van der Waals surface area contributed by atoms with Crippen LogP contribution in [-0.2, 0) is 6.54 Å². The van der Waals surface area contributed by atoms with Crippen LogP contribution in [0, 0.1) is 12.8 Å². The highest BCUT2D eigenvalue weighted by atomic mass is 19.4. The molecule has 0 aliphatic rings. The second-order valence-electron chi connectivity index (χ2n) is 7.88. The first-order chi connectivity index (χ1) is 16.7. The maximum Gasteiger partial charge on any atom is 0.573 e. The van der Waals surface area contributed by atoms with Crippen LogP contribution >= 0.6 is 0 Å². The van der Waals surface area contributed by atoms with Gasteiger partial charge in [-0.1, -0.05) is 24.2 Å². The summed E-state index contributed by atoms with van der Waals surface area (Å²) in [5, 5.41) is 17.5. The Morgan fingerprint density at radius 3 is 2.54 bits per heavy atom. The molecule has 2 aromatic heterocycles. The Kier molecular flexibility index (Phi) is 7.01. The summed E-state index contributed by atoms with van der Waals surface area (Å²) in [7, 11) is 0. The number of aliphatic hydroxyl groups is 1. The molecule has 0 aliphatic heterocycles. The standard InChI is InChI=1S/C23H22F3N5O4/c1-14(12-32)13-33-19-5-3-4-16(10-19)11-31-15(2)27-21(29-31)22-28-20(30-35-22)17-6-8-18(9-7-17)34-23(24,25)26/h3-10,14,32H,11-13H2,1-2H3. The highest BCUT2D eigenvalue weighted by Crippen LogP contribution is 2.26. The minimum atomic E-state index is -4.77. The van der Waals surface area contributed by atoms with Gasteiger partial charge in [0.25, 0.3) is 5.89 Å². The summed E-state index contributed by atoms with van der Waals surface area (Å²) < 4.78 is 53.5. The largest absolute Gasteiger partial charge is 0.573 e. The molecule has 2 aromatic carbocycles. The third-order valence-corrected chi connectivity index (χ3v) is 4.90. The van der Waals surface area contributed by atoms with Crippen LogP contribution in [0.2, 0.25) is 0 Å². The van der Waals surface area contributed by atoms with E-state index in [1.54, 1.807) is 11.6 Å². The van der Waals surface area contributed by atoms with Gasteiger partial charge in [-0.3, -0.25) is 0 Å². The van der Waals surface area contributed by atoms with Crippen LogP contribution in [0.4, 0.5) is 13.2 Å². The lowest BCUT2D eigenvalue weighted by Gasteiger charge is -2.11. The fraction of sp³-hybridized carbons (Fsp3) is 0.304. The molecule has 0 saturated heterocycles. The molecule has 4 rings (SSSR count). The monoisotopic (exact) mass is 489 g/mol. The Bertz CT molecular complexity index is 1270. The summed E-state index contributed by atoms with van der Waals surface area (Å²) in [6, 6.07) is 12.6. The lowest BCUT2D eigenvalue weighted by Crippen LogP contribution is -2.16. The van der Waals surface area contributed by atoms with Crippen LogP contribution < -0.4 is 9.47 Å². The highest BCUT2D eigenvalue weighted by Gasteiger charge is 2.31. The van der Waals surface area contributed by atoms with Gasteiger partial charge in [-0.05, 0) is 48.9 Å². The van der Waals surface area contributed by atoms with E-state index in [2.05, 4.69) is 25.0 Å². The van der Waals surface area contributed by atoms with Gasteiger partial charge in [0.2, 0.25) is 11.6 Å². The summed E-state index contributed by atoms with van der Waals surface area (Å²) in [5.41, 5.74) is 1.38. The van der Waals surface area contributed by atoms with E-state index >= 15 is 0 Å². The molecule has 184 valence electrons. The zero-order valence-electron chi connectivity index (χ0n) is 18.9. The minimum Gasteiger partial charge on any atom is -0.493 e. The molecule has 0 aliphatic carbocycles. The first-order valence-corrected chi connectivity index (χ1v) is 10.6. The van der Waals surface area contributed by atoms with Crippen LogP contribution in [0.5, 0.6) is 11.5 Å². The van der Waals surface area contributed by atoms with E-state index in [9.17, 15) is 13.2 Å². The molecule has 9 nitrogen and oxygen atoms in total. The molecule has 0 saturated carbocycles. The molecule has 0 spiro atoms. The van der Waals surface area contributed by atoms with Crippen LogP contribution in [0.1, 0.15) is 18.3 Å². The summed E-state index contributed by atoms with van der Waals surface area (Å²) in [6.45, 7) is 4.56. The average molecular weight is 489 g/mol. The Balaban J connectivity index is 1.46. The molecule has 0 amide bonds. The summed E-state index contributed by atoms with van der Waals surface area (Å²) >= 11 is 0. The molecule has 35 heavy (non-hydrogen) atoms. The number of halogens is 3. The normalized spacial score (nSPS) is 12.5. The van der Waals surface area contributed by atoms with Crippen molar-refractivity contribution in [2.24, 2.45) is 5.92 Å². The van der Waals surface area contributed by atoms with E-state index in [4.69, 9.17) is 14.4 Å². The molecule has 12 heteroatoms. The van der Waals surface area contributed by atoms with Crippen molar-refractivity contribution in [2.45, 2.75) is 26.8 Å². The minimum absolute atomic E-state index is 0.0317. The van der Waals surface area contributed by atoms with Gasteiger partial charge in [0.15, 0.2) is 0 Å². The molecule has 1 N–H and O–H groups in total. The maximum absolute atomic E-state index is 12.3. The van der Waals surface area contributed by atoms with Crippen LogP contribution in [-0.4, -0.2) is 49.6 Å². The Morgan fingerprint density at radius 1 is 1.06 bits per heavy atom. The van der Waals surface area contributed by atoms with Gasteiger partial charge in [0.1, 0.15) is 17.3 Å². The SMILES string of the molecule is Cc1nc(-c2nc(-c3ccc(OC(F)(F)F)cc3)no2)nn1Cc1cccc(OCC(C)CO)c1. The van der Waals surface area contributed by atoms with Gasteiger partial charge in [0.05, 0.1) is 13.2 Å². The van der Waals surface area contributed by atoms with Gasteiger partial charge in [-0.15, -0.1) is 18.3 Å². The van der Waals surface area contributed by atoms with Crippen molar-refractivity contribution in [3.63, 3.8) is 0 Å². The van der Waals surface area contributed by atoms with Crippen molar-refractivity contribution < 1.29 is 32.3 Å². The zero-order valence-corrected chi connectivity index (χ0v) is 18.9. The molecule has 1 atom stereocenters. The molecule has 0 fully saturated rings. The van der Waals surface area contributed by atoms with E-state index in [0.717, 1.165) is 17.7 Å². The fourth-order valence-corrected chi connectivity index (χ4v) is 3.10. The number of hydrogen-bond acceptors (Lipinski definition) is 8. The topological polar surface area (TPSA) is 108 Å². The maximum atomic E-state index is 12.3. The third kappa shape index (κ3) is 6.35. The third-order valence-electron chi connectivity index (χ3n) is 4.90. The van der Waals surface area contributed by atoms with Crippen molar-refractivity contribution in [1.82, 2.24) is 24.9 Å². The predicted octanol–water partition coefficient (Wildman–Crippen LogP) is 4.26. The lowest BCUT2D eigenvalue weighted by atomic mass is 10.2. The number of nitrogens with zero attached hydrogens (tertiary/aromatic N) is 5. The van der Waals surface area contributed by atoms with Crippen molar-refractivity contribution in [2.75, 3.05) is 13.2 Å². The number of aromatic nitrogens is 5. The van der Waals surface area contributed by atoms with E-state index in [1.807, 2.05) is 31.2 Å². The molecule has 1 unspecified atom stereocenters. The van der Waals surface area contributed by atoms with Crippen LogP contribution in [0.3, 0.4) is 0 Å². The molecule has 4 aromatic rings. The molecular weight excluding hydrogens is 467 g/mol. The van der Waals surface area contributed by atoms with Gasteiger partial charge in [0, 0.05) is 18.1 Å². The lowest BCUT2D eigenvalue weighted by molar-refractivity contribution is -0.274. The predicted molar refractivity (Wildman–Crippen MR) is 117 cm³/mol. The number of rotatable bonds is 9. The van der Waals surface area contributed by atoms with Gasteiger partial charge in [-0.25, -0.2) is 9.67 Å². The van der Waals surface area contributed by atoms with Gasteiger partial charge >= 0.3 is 6.36 Å². The second-order valence-corrected chi connectivity index (χ2v) is 7.88. The Morgan fingerprint density at radius 2 is 1.83 bits per heavy atom. The molecule has 0 radical (unpaired) electrons. The number of alkyl halides is 3. The Hall–Kier alpha value is -3.93. The molecule has 2 heterocycles. The number of hydrogen-bond donors (Lipinski definition) is 1.